The van der Waals surface area contributed by atoms with Crippen molar-refractivity contribution in [2.45, 2.75) is 6.42 Å². The first-order chi connectivity index (χ1) is 15.7. The van der Waals surface area contributed by atoms with Crippen molar-refractivity contribution < 1.29 is 9.47 Å². The second-order valence-electron chi connectivity index (χ2n) is 7.60. The number of aromatic nitrogens is 6. The predicted molar refractivity (Wildman–Crippen MR) is 120 cm³/mol. The maximum Gasteiger partial charge on any atom is 0.320 e. The van der Waals surface area contributed by atoms with Crippen LogP contribution in [-0.4, -0.2) is 62.4 Å². The summed E-state index contributed by atoms with van der Waals surface area (Å²) in [5.74, 6) is 1.48. The lowest BCUT2D eigenvalue weighted by atomic mass is 10.2. The fourth-order valence-corrected chi connectivity index (χ4v) is 3.61. The highest BCUT2D eigenvalue weighted by Crippen LogP contribution is 2.22. The van der Waals surface area contributed by atoms with Crippen molar-refractivity contribution in [2.75, 3.05) is 37.8 Å². The highest BCUT2D eigenvalue weighted by molar-refractivity contribution is 5.58. The van der Waals surface area contributed by atoms with Crippen LogP contribution in [0.5, 0.6) is 6.01 Å². The van der Waals surface area contributed by atoms with Gasteiger partial charge >= 0.3 is 6.01 Å². The number of rotatable bonds is 7. The van der Waals surface area contributed by atoms with Gasteiger partial charge in [-0.1, -0.05) is 30.3 Å². The Kier molecular flexibility index (Phi) is 5.80. The number of hydrogen-bond donors (Lipinski definition) is 0. The van der Waals surface area contributed by atoms with Gasteiger partial charge in [-0.05, 0) is 11.6 Å². The number of aryl methyl sites for hydroxylation is 1. The summed E-state index contributed by atoms with van der Waals surface area (Å²) in [6, 6.07) is 14.3. The van der Waals surface area contributed by atoms with Gasteiger partial charge in [0.25, 0.3) is 0 Å². The Bertz CT molecular complexity index is 1170. The minimum Gasteiger partial charge on any atom is -0.463 e. The summed E-state index contributed by atoms with van der Waals surface area (Å²) in [6.45, 7) is 3.37. The molecule has 0 N–H and O–H groups in total. The molecule has 4 aromatic rings. The van der Waals surface area contributed by atoms with Gasteiger partial charge in [-0.25, -0.2) is 4.68 Å². The monoisotopic (exact) mass is 431 g/mol. The molecule has 4 heterocycles. The first-order valence-corrected chi connectivity index (χ1v) is 10.7. The van der Waals surface area contributed by atoms with Crippen LogP contribution in [0.25, 0.3) is 17.1 Å². The minimum atomic E-state index is 0.338. The number of nitrogens with zero attached hydrogens (tertiary/aromatic N) is 7. The van der Waals surface area contributed by atoms with E-state index >= 15 is 0 Å². The smallest absolute Gasteiger partial charge is 0.320 e. The number of ether oxygens (including phenoxy) is 2. The van der Waals surface area contributed by atoms with Crippen molar-refractivity contribution in [3.63, 3.8) is 0 Å². The summed E-state index contributed by atoms with van der Waals surface area (Å²) < 4.78 is 15.0. The predicted octanol–water partition coefficient (Wildman–Crippen LogP) is 2.52. The van der Waals surface area contributed by atoms with Crippen LogP contribution < -0.4 is 9.64 Å². The summed E-state index contributed by atoms with van der Waals surface area (Å²) in [5.41, 5.74) is 3.05. The Labute approximate surface area is 186 Å². The van der Waals surface area contributed by atoms with E-state index in [1.165, 1.54) is 0 Å². The zero-order valence-corrected chi connectivity index (χ0v) is 18.0. The molecule has 9 heteroatoms. The Morgan fingerprint density at radius 3 is 2.62 bits per heavy atom. The van der Waals surface area contributed by atoms with Crippen LogP contribution in [0.15, 0.2) is 61.1 Å². The lowest BCUT2D eigenvalue weighted by molar-refractivity contribution is 0.122. The quantitative estimate of drug-likeness (QED) is 0.445. The van der Waals surface area contributed by atoms with Gasteiger partial charge in [0, 0.05) is 50.6 Å². The third-order valence-electron chi connectivity index (χ3n) is 5.29. The molecule has 0 unspecified atom stereocenters. The van der Waals surface area contributed by atoms with Gasteiger partial charge in [0.05, 0.1) is 31.7 Å². The molecule has 1 saturated heterocycles. The first kappa shape index (κ1) is 20.2. The normalized spacial score (nSPS) is 14.0. The summed E-state index contributed by atoms with van der Waals surface area (Å²) in [4.78, 5) is 11.5. The van der Waals surface area contributed by atoms with Crippen LogP contribution in [0, 0.1) is 0 Å². The van der Waals surface area contributed by atoms with Gasteiger partial charge in [0.15, 0.2) is 5.82 Å². The average Bonchev–Trinajstić information content (AvgIpc) is 3.50. The van der Waals surface area contributed by atoms with E-state index in [9.17, 15) is 0 Å². The summed E-state index contributed by atoms with van der Waals surface area (Å²) in [5, 5.41) is 8.92. The van der Waals surface area contributed by atoms with E-state index in [-0.39, 0.29) is 0 Å². The van der Waals surface area contributed by atoms with E-state index in [0.717, 1.165) is 42.1 Å². The molecule has 9 nitrogen and oxygen atoms in total. The topological polar surface area (TPSA) is 83.1 Å². The molecular formula is C23H25N7O2. The molecule has 0 amide bonds. The Morgan fingerprint density at radius 1 is 1.03 bits per heavy atom. The molecule has 0 aliphatic carbocycles. The van der Waals surface area contributed by atoms with Crippen LogP contribution in [0.3, 0.4) is 0 Å². The molecular weight excluding hydrogens is 406 g/mol. The van der Waals surface area contributed by atoms with Crippen molar-refractivity contribution in [3.05, 3.63) is 66.6 Å². The van der Waals surface area contributed by atoms with E-state index in [1.807, 2.05) is 68.1 Å². The fourth-order valence-electron chi connectivity index (χ4n) is 3.61. The molecule has 5 rings (SSSR count). The third kappa shape index (κ3) is 4.62. The molecule has 164 valence electrons. The SMILES string of the molecule is Cn1cc(CCOc2nc(N3CCOCC3)cc(-n3ccc(-c4ccccc4)n3)n2)cn1. The van der Waals surface area contributed by atoms with Crippen molar-refractivity contribution in [1.82, 2.24) is 29.5 Å². The molecule has 1 aliphatic rings. The van der Waals surface area contributed by atoms with Crippen LogP contribution in [0.1, 0.15) is 5.56 Å². The van der Waals surface area contributed by atoms with Crippen molar-refractivity contribution in [3.8, 4) is 23.1 Å². The highest BCUT2D eigenvalue weighted by Gasteiger charge is 2.17. The van der Waals surface area contributed by atoms with E-state index < -0.39 is 0 Å². The number of morpholine rings is 1. The third-order valence-corrected chi connectivity index (χ3v) is 5.29. The van der Waals surface area contributed by atoms with Crippen molar-refractivity contribution in [2.24, 2.45) is 7.05 Å². The Hall–Kier alpha value is -3.72. The van der Waals surface area contributed by atoms with E-state index in [0.29, 0.717) is 31.6 Å². The second-order valence-corrected chi connectivity index (χ2v) is 7.60. The van der Waals surface area contributed by atoms with Gasteiger partial charge in [0.1, 0.15) is 5.82 Å². The first-order valence-electron chi connectivity index (χ1n) is 10.7. The van der Waals surface area contributed by atoms with Gasteiger partial charge in [-0.3, -0.25) is 4.68 Å². The Balaban J connectivity index is 1.40. The number of hydrogen-bond acceptors (Lipinski definition) is 7. The highest BCUT2D eigenvalue weighted by atomic mass is 16.5. The van der Waals surface area contributed by atoms with E-state index in [2.05, 4.69) is 20.0 Å². The molecule has 0 radical (unpaired) electrons. The van der Waals surface area contributed by atoms with Crippen molar-refractivity contribution >= 4 is 5.82 Å². The maximum atomic E-state index is 5.95. The molecule has 1 aliphatic heterocycles. The molecule has 0 bridgehead atoms. The van der Waals surface area contributed by atoms with Gasteiger partial charge in [-0.2, -0.15) is 20.2 Å². The van der Waals surface area contributed by atoms with Crippen LogP contribution >= 0.6 is 0 Å². The molecule has 0 atom stereocenters. The lowest BCUT2D eigenvalue weighted by Crippen LogP contribution is -2.37. The van der Waals surface area contributed by atoms with E-state index in [1.54, 1.807) is 9.36 Å². The summed E-state index contributed by atoms with van der Waals surface area (Å²) in [7, 11) is 1.90. The maximum absolute atomic E-state index is 5.95. The van der Waals surface area contributed by atoms with Crippen LogP contribution in [-0.2, 0) is 18.2 Å². The largest absolute Gasteiger partial charge is 0.463 e. The average molecular weight is 432 g/mol. The van der Waals surface area contributed by atoms with Crippen molar-refractivity contribution in [1.29, 1.82) is 0 Å². The van der Waals surface area contributed by atoms with Gasteiger partial charge in [0.2, 0.25) is 0 Å². The molecule has 1 fully saturated rings. The van der Waals surface area contributed by atoms with Gasteiger partial charge in [-0.15, -0.1) is 0 Å². The van der Waals surface area contributed by atoms with Crippen LogP contribution in [0.2, 0.25) is 0 Å². The summed E-state index contributed by atoms with van der Waals surface area (Å²) >= 11 is 0. The standard InChI is InChI=1S/C23H25N7O2/c1-28-17-18(16-24-28)8-12-32-23-25-21(29-10-13-31-14-11-29)15-22(26-23)30-9-7-20(27-30)19-5-3-2-4-6-19/h2-7,9,15-17H,8,10-14H2,1H3. The number of benzene rings is 1. The lowest BCUT2D eigenvalue weighted by Gasteiger charge is -2.28. The van der Waals surface area contributed by atoms with E-state index in [4.69, 9.17) is 14.6 Å². The van der Waals surface area contributed by atoms with Crippen LogP contribution in [0.4, 0.5) is 5.82 Å². The molecule has 0 spiro atoms. The minimum absolute atomic E-state index is 0.338. The zero-order valence-electron chi connectivity index (χ0n) is 18.0. The number of anilines is 1. The molecule has 3 aromatic heterocycles. The molecule has 0 saturated carbocycles. The zero-order chi connectivity index (χ0) is 21.8. The fraction of sp³-hybridized carbons (Fsp3) is 0.304. The molecule has 32 heavy (non-hydrogen) atoms. The molecule has 1 aromatic carbocycles. The summed E-state index contributed by atoms with van der Waals surface area (Å²) in [6.07, 6.45) is 6.46. The second kappa shape index (κ2) is 9.19. The van der Waals surface area contributed by atoms with Gasteiger partial charge < -0.3 is 14.4 Å². The Morgan fingerprint density at radius 2 is 1.84 bits per heavy atom.